The van der Waals surface area contributed by atoms with Gasteiger partial charge in [-0.3, -0.25) is 4.57 Å². The maximum absolute atomic E-state index is 5.09. The van der Waals surface area contributed by atoms with Crippen LogP contribution in [-0.2, 0) is 7.05 Å². The van der Waals surface area contributed by atoms with Gasteiger partial charge < -0.3 is 13.7 Å². The summed E-state index contributed by atoms with van der Waals surface area (Å²) in [6.07, 6.45) is 0. The lowest BCUT2D eigenvalue weighted by Gasteiger charge is -2.14. The molecule has 0 spiro atoms. The van der Waals surface area contributed by atoms with Crippen molar-refractivity contribution in [3.63, 3.8) is 0 Å². The number of para-hydroxylation sites is 7. The van der Waals surface area contributed by atoms with Crippen LogP contribution >= 0.6 is 0 Å². The summed E-state index contributed by atoms with van der Waals surface area (Å²) in [7, 11) is 2.14. The second-order valence-electron chi connectivity index (χ2n) is 28.7. The third kappa shape index (κ3) is 12.7. The van der Waals surface area contributed by atoms with Gasteiger partial charge in [0.15, 0.2) is 46.6 Å². The van der Waals surface area contributed by atoms with Crippen molar-refractivity contribution in [3.05, 3.63) is 387 Å². The second kappa shape index (κ2) is 29.4. The fourth-order valence-corrected chi connectivity index (χ4v) is 16.1. The van der Waals surface area contributed by atoms with Gasteiger partial charge in [0.1, 0.15) is 0 Å². The van der Waals surface area contributed by atoms with Crippen LogP contribution in [0.2, 0.25) is 0 Å². The zero-order chi connectivity index (χ0) is 76.9. The number of hydrogen-bond donors (Lipinski definition) is 0. The summed E-state index contributed by atoms with van der Waals surface area (Å²) in [4.78, 5) is 44.8. The molecule has 0 radical (unpaired) electrons. The summed E-state index contributed by atoms with van der Waals surface area (Å²) in [5.41, 5.74) is 21.3. The van der Waals surface area contributed by atoms with Crippen molar-refractivity contribution in [2.45, 2.75) is 13.8 Å². The Kier molecular flexibility index (Phi) is 17.6. The third-order valence-corrected chi connectivity index (χ3v) is 21.4. The first-order valence-corrected chi connectivity index (χ1v) is 38.5. The van der Waals surface area contributed by atoms with Crippen LogP contribution in [0.5, 0.6) is 0 Å². The van der Waals surface area contributed by atoms with E-state index >= 15 is 0 Å². The molecule has 7 heterocycles. The van der Waals surface area contributed by atoms with E-state index in [0.29, 0.717) is 52.5 Å². The van der Waals surface area contributed by atoms with Crippen molar-refractivity contribution in [1.29, 1.82) is 0 Å². The molecule has 0 bridgehead atoms. The van der Waals surface area contributed by atoms with Gasteiger partial charge in [-0.05, 0) is 92.2 Å². The van der Waals surface area contributed by atoms with E-state index in [1.807, 2.05) is 164 Å². The van der Waals surface area contributed by atoms with Crippen LogP contribution in [0.4, 0.5) is 0 Å². The van der Waals surface area contributed by atoms with Gasteiger partial charge in [0.05, 0.1) is 44.3 Å². The largest absolute Gasteiger partial charge is 0.342 e. The molecule has 13 nitrogen and oxygen atoms in total. The van der Waals surface area contributed by atoms with Gasteiger partial charge in [-0.15, -0.1) is 0 Å². The smallest absolute Gasteiger partial charge is 0.238 e. The number of rotatable bonds is 11. The minimum Gasteiger partial charge on any atom is -0.342 e. The first-order chi connectivity index (χ1) is 56.8. The lowest BCUT2D eigenvalue weighted by Crippen LogP contribution is -2.07. The number of hydrogen-bond acceptors (Lipinski definition) is 9. The average molecular weight is 1480 g/mol. The van der Waals surface area contributed by atoms with Crippen LogP contribution in [0.1, 0.15) is 11.1 Å². The van der Waals surface area contributed by atoms with Crippen molar-refractivity contribution in [2.24, 2.45) is 7.05 Å². The van der Waals surface area contributed by atoms with Crippen LogP contribution in [0, 0.1) is 13.8 Å². The van der Waals surface area contributed by atoms with Crippen LogP contribution in [-0.4, -0.2) is 63.1 Å². The van der Waals surface area contributed by atoms with Gasteiger partial charge in [-0.2, -0.15) is 9.97 Å². The summed E-state index contributed by atoms with van der Waals surface area (Å²) >= 11 is 0. The molecular formula is C102H71N13. The predicted molar refractivity (Wildman–Crippen MR) is 469 cm³/mol. The Labute approximate surface area is 662 Å². The van der Waals surface area contributed by atoms with Gasteiger partial charge in [0.25, 0.3) is 0 Å². The van der Waals surface area contributed by atoms with Crippen molar-refractivity contribution < 1.29 is 0 Å². The Balaban J connectivity index is 0.000000112. The second-order valence-corrected chi connectivity index (χ2v) is 28.7. The Morgan fingerprint density at radius 2 is 0.513 bits per heavy atom. The van der Waals surface area contributed by atoms with Crippen molar-refractivity contribution in [2.75, 3.05) is 0 Å². The van der Waals surface area contributed by atoms with Crippen LogP contribution in [0.15, 0.2) is 376 Å². The van der Waals surface area contributed by atoms with Gasteiger partial charge in [-0.1, -0.05) is 309 Å². The first-order valence-electron chi connectivity index (χ1n) is 38.5. The summed E-state index contributed by atoms with van der Waals surface area (Å²) in [5, 5.41) is 9.71. The molecule has 0 atom stereocenters. The highest BCUT2D eigenvalue weighted by molar-refractivity contribution is 6.23. The van der Waals surface area contributed by atoms with Crippen molar-refractivity contribution >= 4 is 87.2 Å². The Morgan fingerprint density at radius 3 is 0.957 bits per heavy atom. The molecule has 0 fully saturated rings. The highest BCUT2D eigenvalue weighted by Crippen LogP contribution is 2.42. The minimum atomic E-state index is 0.603. The molecule has 0 saturated carbocycles. The normalized spacial score (nSPS) is 11.4. The van der Waals surface area contributed by atoms with E-state index in [0.717, 1.165) is 94.6 Å². The first kappa shape index (κ1) is 68.8. The Morgan fingerprint density at radius 1 is 0.200 bits per heavy atom. The fraction of sp³-hybridized carbons (Fsp3) is 0.0294. The number of fused-ring (bicyclic) bond motifs is 13. The highest BCUT2D eigenvalue weighted by Gasteiger charge is 2.25. The van der Waals surface area contributed by atoms with E-state index in [-0.39, 0.29) is 0 Å². The maximum atomic E-state index is 5.09. The molecule has 22 rings (SSSR count). The van der Waals surface area contributed by atoms with Gasteiger partial charge in [-0.25, -0.2) is 34.9 Å². The zero-order valence-electron chi connectivity index (χ0n) is 63.1. The molecule has 0 aliphatic rings. The molecule has 0 saturated heterocycles. The summed E-state index contributed by atoms with van der Waals surface area (Å²) in [6.45, 7) is 4.21. The standard InChI is InChI=1S/C34H23N5.2C34H24N4/c1-38-28-18-10-8-16-24(28)26-20-21-27-25-17-9-11-19-29(25)39(31(27)30(26)38)34-36-32(22-12-4-2-5-13-22)35-33(37-34)23-14-6-3-7-15-23;1-23-20-26(22-27(21-23)38-30-18-10-8-16-28(30)29-17-9-11-19-31(29)38)34-36-32(24-12-4-2-5-13-24)35-33(37-34)25-14-6-3-7-15-25;1-23-12-11-15-25(22-23)33-35-32(24-13-3-2-4-14-24)36-34(37-33)28-18-7-10-21-31(28)38-29-19-8-5-16-26(29)27-17-6-9-20-30(27)38/h2-21H,1H3;2*2-22H,1H3. The van der Waals surface area contributed by atoms with E-state index in [2.05, 4.69) is 251 Å². The lowest BCUT2D eigenvalue weighted by atomic mass is 10.1. The summed E-state index contributed by atoms with van der Waals surface area (Å²) in [5.74, 6) is 5.84. The molecule has 0 aliphatic carbocycles. The monoisotopic (exact) mass is 1480 g/mol. The van der Waals surface area contributed by atoms with Gasteiger partial charge >= 0.3 is 0 Å². The summed E-state index contributed by atoms with van der Waals surface area (Å²) in [6, 6.07) is 130. The van der Waals surface area contributed by atoms with Gasteiger partial charge in [0.2, 0.25) is 5.95 Å². The average Bonchev–Trinajstić information content (AvgIpc) is 1.55. The maximum Gasteiger partial charge on any atom is 0.238 e. The third-order valence-electron chi connectivity index (χ3n) is 21.4. The molecule has 13 heteroatoms. The van der Waals surface area contributed by atoms with Crippen molar-refractivity contribution in [1.82, 2.24) is 63.1 Å². The van der Waals surface area contributed by atoms with E-state index < -0.39 is 0 Å². The topological polar surface area (TPSA) is 136 Å². The fourth-order valence-electron chi connectivity index (χ4n) is 16.1. The molecule has 7 aromatic heterocycles. The van der Waals surface area contributed by atoms with Crippen LogP contribution < -0.4 is 0 Å². The zero-order valence-corrected chi connectivity index (χ0v) is 63.1. The molecule has 0 N–H and O–H groups in total. The van der Waals surface area contributed by atoms with E-state index in [9.17, 15) is 0 Å². The highest BCUT2D eigenvalue weighted by atomic mass is 15.2. The minimum absolute atomic E-state index is 0.603. The van der Waals surface area contributed by atoms with E-state index in [1.165, 1.54) is 59.6 Å². The number of aryl methyl sites for hydroxylation is 3. The molecule has 0 unspecified atom stereocenters. The number of nitrogens with zero attached hydrogens (tertiary/aromatic N) is 13. The molecule has 15 aromatic carbocycles. The van der Waals surface area contributed by atoms with E-state index in [4.69, 9.17) is 44.9 Å². The Hall–Kier alpha value is -15.5. The van der Waals surface area contributed by atoms with Gasteiger partial charge in [0, 0.05) is 106 Å². The molecule has 22 aromatic rings. The molecule has 0 aliphatic heterocycles. The van der Waals surface area contributed by atoms with Crippen LogP contribution in [0.3, 0.4) is 0 Å². The SMILES string of the molecule is Cc1cc(-c2nc(-c3ccccc3)nc(-c3ccccc3)n2)cc(-n2c3ccccc3c3ccccc32)c1.Cc1cccc(-c2nc(-c3ccccc3)nc(-c3ccccc3-n3c4ccccc4c4ccccc43)n2)c1.Cn1c2ccccc2c2ccc3c4ccccc4n(-c4nc(-c5ccccc5)nc(-c5ccccc5)n4)c3c21. The lowest BCUT2D eigenvalue weighted by molar-refractivity contribution is 0.949. The predicted octanol–water partition coefficient (Wildman–Crippen LogP) is 24.5. The van der Waals surface area contributed by atoms with E-state index in [1.54, 1.807) is 0 Å². The van der Waals surface area contributed by atoms with Crippen LogP contribution in [0.25, 0.3) is 196 Å². The number of benzene rings is 15. The molecule has 0 amide bonds. The summed E-state index contributed by atoms with van der Waals surface area (Å²) < 4.78 is 9.16. The Bertz CT molecular complexity index is 7220. The van der Waals surface area contributed by atoms with Crippen molar-refractivity contribution in [3.8, 4) is 108 Å². The molecule has 544 valence electrons. The quantitative estimate of drug-likeness (QED) is 0.124. The number of aromatic nitrogens is 13. The molecular weight excluding hydrogens is 1410 g/mol. The molecule has 115 heavy (non-hydrogen) atoms.